The predicted molar refractivity (Wildman–Crippen MR) is 95.1 cm³/mol. The summed E-state index contributed by atoms with van der Waals surface area (Å²) in [7, 11) is 3.33. The number of halogens is 1. The van der Waals surface area contributed by atoms with Crippen molar-refractivity contribution in [3.05, 3.63) is 35.6 Å². The van der Waals surface area contributed by atoms with Gasteiger partial charge in [-0.1, -0.05) is 12.1 Å². The summed E-state index contributed by atoms with van der Waals surface area (Å²) in [4.78, 5) is 4.23. The van der Waals surface area contributed by atoms with Crippen LogP contribution in [0.4, 0.5) is 4.39 Å². The van der Waals surface area contributed by atoms with Crippen molar-refractivity contribution in [1.29, 1.82) is 0 Å². The van der Waals surface area contributed by atoms with E-state index in [1.54, 1.807) is 26.3 Å². The van der Waals surface area contributed by atoms with Gasteiger partial charge in [0.1, 0.15) is 5.82 Å². The van der Waals surface area contributed by atoms with Crippen molar-refractivity contribution in [3.8, 4) is 0 Å². The molecule has 0 saturated carbocycles. The number of nitrogens with one attached hydrogen (secondary N) is 2. The minimum atomic E-state index is -0.267. The summed E-state index contributed by atoms with van der Waals surface area (Å²) in [6.45, 7) is 2.71. The van der Waals surface area contributed by atoms with Crippen molar-refractivity contribution in [2.24, 2.45) is 10.4 Å². The summed E-state index contributed by atoms with van der Waals surface area (Å²) in [5, 5.41) is 15.8. The molecular weight excluding hydrogens is 325 g/mol. The van der Waals surface area contributed by atoms with Gasteiger partial charge in [0.25, 0.3) is 0 Å². The van der Waals surface area contributed by atoms with Crippen LogP contribution in [0, 0.1) is 11.2 Å². The van der Waals surface area contributed by atoms with E-state index < -0.39 is 0 Å². The summed E-state index contributed by atoms with van der Waals surface area (Å²) in [6.07, 6.45) is 1.42. The number of benzene rings is 1. The first-order chi connectivity index (χ1) is 12.1. The molecule has 25 heavy (non-hydrogen) atoms. The minimum Gasteiger partial charge on any atom is -0.396 e. The van der Waals surface area contributed by atoms with Crippen molar-refractivity contribution < 1.29 is 19.0 Å². The van der Waals surface area contributed by atoms with E-state index in [1.165, 1.54) is 12.1 Å². The van der Waals surface area contributed by atoms with Crippen LogP contribution in [0.25, 0.3) is 0 Å². The van der Waals surface area contributed by atoms with E-state index in [2.05, 4.69) is 15.6 Å². The number of nitrogens with zero attached hydrogens (tertiary/aromatic N) is 1. The van der Waals surface area contributed by atoms with Gasteiger partial charge in [-0.3, -0.25) is 4.99 Å². The van der Waals surface area contributed by atoms with E-state index in [9.17, 15) is 9.50 Å². The molecule has 0 spiro atoms. The van der Waals surface area contributed by atoms with Gasteiger partial charge in [-0.25, -0.2) is 4.39 Å². The highest BCUT2D eigenvalue weighted by Gasteiger charge is 2.34. The fourth-order valence-electron chi connectivity index (χ4n) is 3.01. The van der Waals surface area contributed by atoms with Gasteiger partial charge < -0.3 is 25.2 Å². The average molecular weight is 353 g/mol. The van der Waals surface area contributed by atoms with Gasteiger partial charge in [-0.15, -0.1) is 0 Å². The SMILES string of the molecule is CN=C(NCC(OC)c1ccc(F)cc1)NCC1(CCO)CCOC1. The van der Waals surface area contributed by atoms with Gasteiger partial charge in [-0.2, -0.15) is 0 Å². The third-order valence-corrected chi connectivity index (χ3v) is 4.66. The maximum atomic E-state index is 13.1. The quantitative estimate of drug-likeness (QED) is 0.487. The Kier molecular flexibility index (Phi) is 7.61. The Morgan fingerprint density at radius 2 is 2.16 bits per heavy atom. The average Bonchev–Trinajstić information content (AvgIpc) is 3.08. The van der Waals surface area contributed by atoms with Crippen LogP contribution < -0.4 is 10.6 Å². The van der Waals surface area contributed by atoms with E-state index in [4.69, 9.17) is 9.47 Å². The van der Waals surface area contributed by atoms with Crippen molar-refractivity contribution in [3.63, 3.8) is 0 Å². The molecule has 0 aromatic heterocycles. The molecular formula is C18H28FN3O3. The normalized spacial score (nSPS) is 22.0. The lowest BCUT2D eigenvalue weighted by molar-refractivity contribution is 0.106. The number of ether oxygens (including phenoxy) is 2. The van der Waals surface area contributed by atoms with Crippen LogP contribution in [0.5, 0.6) is 0 Å². The molecule has 6 nitrogen and oxygen atoms in total. The maximum absolute atomic E-state index is 13.1. The first kappa shape index (κ1) is 19.6. The molecule has 1 aliphatic rings. The summed E-state index contributed by atoms with van der Waals surface area (Å²) in [6, 6.07) is 6.28. The van der Waals surface area contributed by atoms with Gasteiger partial charge in [0, 0.05) is 45.9 Å². The Balaban J connectivity index is 1.87. The van der Waals surface area contributed by atoms with Crippen molar-refractivity contribution in [2.45, 2.75) is 18.9 Å². The lowest BCUT2D eigenvalue weighted by atomic mass is 9.84. The topological polar surface area (TPSA) is 75.1 Å². The number of aliphatic hydroxyl groups is 1. The second-order valence-electron chi connectivity index (χ2n) is 6.36. The second kappa shape index (κ2) is 9.70. The Hall–Kier alpha value is -1.70. The third kappa shape index (κ3) is 5.66. The monoisotopic (exact) mass is 353 g/mol. The fraction of sp³-hybridized carbons (Fsp3) is 0.611. The van der Waals surface area contributed by atoms with E-state index in [1.807, 2.05) is 0 Å². The second-order valence-corrected chi connectivity index (χ2v) is 6.36. The summed E-state index contributed by atoms with van der Waals surface area (Å²) < 4.78 is 24.0. The highest BCUT2D eigenvalue weighted by Crippen LogP contribution is 2.31. The molecule has 1 aliphatic heterocycles. The van der Waals surface area contributed by atoms with Crippen LogP contribution in [0.1, 0.15) is 24.5 Å². The molecule has 2 unspecified atom stereocenters. The molecule has 1 aromatic rings. The van der Waals surface area contributed by atoms with E-state index >= 15 is 0 Å². The van der Waals surface area contributed by atoms with Gasteiger partial charge in [0.2, 0.25) is 0 Å². The van der Waals surface area contributed by atoms with Crippen LogP contribution in [-0.4, -0.2) is 58.1 Å². The van der Waals surface area contributed by atoms with Crippen LogP contribution in [0.15, 0.2) is 29.3 Å². The molecule has 1 saturated heterocycles. The van der Waals surface area contributed by atoms with Crippen molar-refractivity contribution >= 4 is 5.96 Å². The van der Waals surface area contributed by atoms with E-state index in [-0.39, 0.29) is 23.9 Å². The molecule has 140 valence electrons. The number of guanidine groups is 1. The fourth-order valence-corrected chi connectivity index (χ4v) is 3.01. The molecule has 7 heteroatoms. The maximum Gasteiger partial charge on any atom is 0.191 e. The first-order valence-electron chi connectivity index (χ1n) is 8.54. The van der Waals surface area contributed by atoms with Crippen molar-refractivity contribution in [2.75, 3.05) is 47.1 Å². The molecule has 0 amide bonds. The molecule has 1 fully saturated rings. The lowest BCUT2D eigenvalue weighted by Crippen LogP contribution is -2.45. The third-order valence-electron chi connectivity index (χ3n) is 4.66. The smallest absolute Gasteiger partial charge is 0.191 e. The lowest BCUT2D eigenvalue weighted by Gasteiger charge is -2.28. The molecule has 1 aromatic carbocycles. The summed E-state index contributed by atoms with van der Waals surface area (Å²) in [5.41, 5.74) is 0.845. The summed E-state index contributed by atoms with van der Waals surface area (Å²) in [5.74, 6) is 0.394. The van der Waals surface area contributed by atoms with Crippen LogP contribution in [0.2, 0.25) is 0 Å². The van der Waals surface area contributed by atoms with Gasteiger partial charge in [0.05, 0.1) is 12.7 Å². The standard InChI is InChI=1S/C18H28FN3O3/c1-20-17(22-12-18(7-9-23)8-10-25-13-18)21-11-16(24-2)14-3-5-15(19)6-4-14/h3-6,16,23H,7-13H2,1-2H3,(H2,20,21,22). The zero-order valence-corrected chi connectivity index (χ0v) is 14.9. The number of aliphatic hydroxyl groups excluding tert-OH is 1. The summed E-state index contributed by atoms with van der Waals surface area (Å²) >= 11 is 0. The highest BCUT2D eigenvalue weighted by molar-refractivity contribution is 5.79. The molecule has 3 N–H and O–H groups in total. The van der Waals surface area contributed by atoms with Gasteiger partial charge >= 0.3 is 0 Å². The molecule has 1 heterocycles. The number of methoxy groups -OCH3 is 1. The Morgan fingerprint density at radius 1 is 1.40 bits per heavy atom. The molecule has 0 bridgehead atoms. The Morgan fingerprint density at radius 3 is 2.72 bits per heavy atom. The van der Waals surface area contributed by atoms with Crippen LogP contribution in [-0.2, 0) is 9.47 Å². The zero-order valence-electron chi connectivity index (χ0n) is 14.9. The number of hydrogen-bond donors (Lipinski definition) is 3. The Bertz CT molecular complexity index is 545. The highest BCUT2D eigenvalue weighted by atomic mass is 19.1. The first-order valence-corrected chi connectivity index (χ1v) is 8.54. The van der Waals surface area contributed by atoms with E-state index in [0.29, 0.717) is 32.1 Å². The molecule has 2 rings (SSSR count). The van der Waals surface area contributed by atoms with Gasteiger partial charge in [0.15, 0.2) is 5.96 Å². The molecule has 2 atom stereocenters. The predicted octanol–water partition coefficient (Wildman–Crippen LogP) is 1.47. The zero-order chi connectivity index (χ0) is 18.1. The van der Waals surface area contributed by atoms with Crippen molar-refractivity contribution in [1.82, 2.24) is 10.6 Å². The number of hydrogen-bond acceptors (Lipinski definition) is 4. The molecule has 0 radical (unpaired) electrons. The number of aliphatic imine (C=N–C) groups is 1. The van der Waals surface area contributed by atoms with Crippen LogP contribution in [0.3, 0.4) is 0 Å². The Labute approximate surface area is 148 Å². The van der Waals surface area contributed by atoms with E-state index in [0.717, 1.165) is 18.6 Å². The molecule has 0 aliphatic carbocycles. The van der Waals surface area contributed by atoms with Crippen LogP contribution >= 0.6 is 0 Å². The largest absolute Gasteiger partial charge is 0.396 e. The number of rotatable bonds is 8. The van der Waals surface area contributed by atoms with Gasteiger partial charge in [-0.05, 0) is 30.5 Å². The minimum absolute atomic E-state index is 0.0516.